The number of hydrogen-bond acceptors (Lipinski definition) is 2. The minimum atomic E-state index is 0.525. The lowest BCUT2D eigenvalue weighted by Gasteiger charge is -2.21. The van der Waals surface area contributed by atoms with E-state index in [1.807, 2.05) is 0 Å². The second kappa shape index (κ2) is 9.47. The Morgan fingerprint density at radius 1 is 1.07 bits per heavy atom. The van der Waals surface area contributed by atoms with Gasteiger partial charge in [-0.25, -0.2) is 0 Å². The van der Waals surface area contributed by atoms with E-state index in [0.29, 0.717) is 12.1 Å². The van der Waals surface area contributed by atoms with Gasteiger partial charge in [-0.3, -0.25) is 0 Å². The zero-order chi connectivity index (χ0) is 10.8. The van der Waals surface area contributed by atoms with E-state index in [1.54, 1.807) is 0 Å². The van der Waals surface area contributed by atoms with Crippen LogP contribution < -0.4 is 11.1 Å². The van der Waals surface area contributed by atoms with Gasteiger partial charge in [0.05, 0.1) is 0 Å². The highest BCUT2D eigenvalue weighted by Gasteiger charge is 2.08. The highest BCUT2D eigenvalue weighted by molar-refractivity contribution is 4.71. The van der Waals surface area contributed by atoms with E-state index in [9.17, 15) is 0 Å². The summed E-state index contributed by atoms with van der Waals surface area (Å²) in [6, 6.07) is 1.15. The van der Waals surface area contributed by atoms with E-state index in [-0.39, 0.29) is 0 Å². The maximum absolute atomic E-state index is 5.70. The molecule has 0 bridgehead atoms. The molecule has 0 rings (SSSR count). The molecule has 2 atom stereocenters. The van der Waals surface area contributed by atoms with Crippen molar-refractivity contribution in [2.24, 2.45) is 5.73 Å². The maximum Gasteiger partial charge on any atom is 0.0192 e. The van der Waals surface area contributed by atoms with Crippen molar-refractivity contribution in [1.82, 2.24) is 5.32 Å². The smallest absolute Gasteiger partial charge is 0.0192 e. The first-order chi connectivity index (χ1) is 6.74. The fourth-order valence-corrected chi connectivity index (χ4v) is 1.80. The third-order valence-electron chi connectivity index (χ3n) is 2.68. The number of nitrogens with two attached hydrogens (primary N) is 1. The van der Waals surface area contributed by atoms with Gasteiger partial charge in [-0.2, -0.15) is 0 Å². The molecule has 0 aliphatic heterocycles. The first-order valence-electron chi connectivity index (χ1n) is 6.20. The quantitative estimate of drug-likeness (QED) is 0.562. The van der Waals surface area contributed by atoms with Crippen LogP contribution in [-0.2, 0) is 0 Å². The predicted octanol–water partition coefficient (Wildman–Crippen LogP) is 2.67. The van der Waals surface area contributed by atoms with E-state index in [0.717, 1.165) is 6.54 Å². The number of hydrogen-bond donors (Lipinski definition) is 2. The second-order valence-corrected chi connectivity index (χ2v) is 4.28. The van der Waals surface area contributed by atoms with Crippen LogP contribution in [0.3, 0.4) is 0 Å². The van der Waals surface area contributed by atoms with Crippen molar-refractivity contribution in [2.45, 2.75) is 71.4 Å². The Kier molecular flexibility index (Phi) is 9.42. The van der Waals surface area contributed by atoms with Crippen LogP contribution in [0, 0.1) is 0 Å². The molecule has 0 aromatic rings. The summed E-state index contributed by atoms with van der Waals surface area (Å²) >= 11 is 0. The molecular formula is C12H28N2. The van der Waals surface area contributed by atoms with E-state index < -0.39 is 0 Å². The van der Waals surface area contributed by atoms with Crippen LogP contribution in [0.1, 0.15) is 59.3 Å². The Hall–Kier alpha value is -0.0800. The largest absolute Gasteiger partial charge is 0.329 e. The van der Waals surface area contributed by atoms with Gasteiger partial charge in [-0.05, 0) is 19.8 Å². The molecule has 2 heteroatoms. The molecule has 0 fully saturated rings. The topological polar surface area (TPSA) is 38.0 Å². The fraction of sp³-hybridized carbons (Fsp3) is 1.00. The minimum Gasteiger partial charge on any atom is -0.329 e. The zero-order valence-corrected chi connectivity index (χ0v) is 10.2. The van der Waals surface area contributed by atoms with Crippen LogP contribution in [0.25, 0.3) is 0 Å². The molecule has 0 aromatic carbocycles. The van der Waals surface area contributed by atoms with E-state index in [4.69, 9.17) is 5.73 Å². The monoisotopic (exact) mass is 200 g/mol. The summed E-state index contributed by atoms with van der Waals surface area (Å²) in [5, 5.41) is 3.60. The molecule has 0 saturated carbocycles. The lowest BCUT2D eigenvalue weighted by molar-refractivity contribution is 0.400. The molecule has 14 heavy (non-hydrogen) atoms. The zero-order valence-electron chi connectivity index (χ0n) is 10.2. The minimum absolute atomic E-state index is 0.525. The average molecular weight is 200 g/mol. The molecule has 0 aromatic heterocycles. The van der Waals surface area contributed by atoms with Gasteiger partial charge < -0.3 is 11.1 Å². The van der Waals surface area contributed by atoms with Crippen molar-refractivity contribution >= 4 is 0 Å². The highest BCUT2D eigenvalue weighted by Crippen LogP contribution is 2.05. The molecule has 0 aliphatic rings. The van der Waals surface area contributed by atoms with Gasteiger partial charge >= 0.3 is 0 Å². The maximum atomic E-state index is 5.70. The molecule has 0 aliphatic carbocycles. The van der Waals surface area contributed by atoms with Crippen molar-refractivity contribution in [2.75, 3.05) is 6.54 Å². The first kappa shape index (κ1) is 13.9. The molecule has 0 radical (unpaired) electrons. The van der Waals surface area contributed by atoms with Gasteiger partial charge in [0.1, 0.15) is 0 Å². The summed E-state index contributed by atoms with van der Waals surface area (Å²) in [6.07, 6.45) is 7.71. The Morgan fingerprint density at radius 2 is 1.79 bits per heavy atom. The molecule has 86 valence electrons. The Bertz CT molecular complexity index is 115. The highest BCUT2D eigenvalue weighted by atomic mass is 15.0. The molecular weight excluding hydrogens is 172 g/mol. The number of rotatable bonds is 9. The molecule has 0 spiro atoms. The van der Waals surface area contributed by atoms with E-state index in [1.165, 1.54) is 38.5 Å². The summed E-state index contributed by atoms with van der Waals surface area (Å²) in [5.74, 6) is 0. The predicted molar refractivity (Wildman–Crippen MR) is 64.5 cm³/mol. The van der Waals surface area contributed by atoms with Gasteiger partial charge in [-0.1, -0.05) is 39.5 Å². The van der Waals surface area contributed by atoms with Crippen LogP contribution in [0.4, 0.5) is 0 Å². The molecule has 0 saturated heterocycles. The van der Waals surface area contributed by atoms with Gasteiger partial charge in [0.15, 0.2) is 0 Å². The lowest BCUT2D eigenvalue weighted by Crippen LogP contribution is -2.41. The molecule has 0 heterocycles. The Balaban J connectivity index is 3.51. The fourth-order valence-electron chi connectivity index (χ4n) is 1.80. The van der Waals surface area contributed by atoms with Crippen molar-refractivity contribution < 1.29 is 0 Å². The van der Waals surface area contributed by atoms with Gasteiger partial charge in [-0.15, -0.1) is 0 Å². The summed E-state index contributed by atoms with van der Waals surface area (Å²) in [4.78, 5) is 0. The summed E-state index contributed by atoms with van der Waals surface area (Å²) in [5.41, 5.74) is 5.70. The summed E-state index contributed by atoms with van der Waals surface area (Å²) < 4.78 is 0. The molecule has 2 nitrogen and oxygen atoms in total. The van der Waals surface area contributed by atoms with E-state index >= 15 is 0 Å². The molecule has 2 unspecified atom stereocenters. The summed E-state index contributed by atoms with van der Waals surface area (Å²) in [6.45, 7) is 7.50. The van der Waals surface area contributed by atoms with Crippen molar-refractivity contribution in [3.8, 4) is 0 Å². The van der Waals surface area contributed by atoms with Crippen LogP contribution in [-0.4, -0.2) is 18.6 Å². The standard InChI is InChI=1S/C12H28N2/c1-4-6-7-9-11(3)14-12(10-13)8-5-2/h11-12,14H,4-10,13H2,1-3H3. The lowest BCUT2D eigenvalue weighted by atomic mass is 10.1. The normalized spacial score (nSPS) is 15.4. The van der Waals surface area contributed by atoms with Crippen LogP contribution in [0.5, 0.6) is 0 Å². The Morgan fingerprint density at radius 3 is 2.29 bits per heavy atom. The van der Waals surface area contributed by atoms with Crippen LogP contribution in [0.2, 0.25) is 0 Å². The first-order valence-corrected chi connectivity index (χ1v) is 6.20. The van der Waals surface area contributed by atoms with Gasteiger partial charge in [0, 0.05) is 18.6 Å². The average Bonchev–Trinajstić information content (AvgIpc) is 2.17. The molecule has 3 N–H and O–H groups in total. The van der Waals surface area contributed by atoms with Crippen molar-refractivity contribution in [3.63, 3.8) is 0 Å². The second-order valence-electron chi connectivity index (χ2n) is 4.28. The van der Waals surface area contributed by atoms with Crippen molar-refractivity contribution in [1.29, 1.82) is 0 Å². The number of nitrogens with one attached hydrogen (secondary N) is 1. The number of unbranched alkanes of at least 4 members (excludes halogenated alkanes) is 2. The molecule has 0 amide bonds. The Labute approximate surface area is 89.6 Å². The SMILES string of the molecule is CCCCCC(C)NC(CN)CCC. The van der Waals surface area contributed by atoms with Gasteiger partial charge in [0.2, 0.25) is 0 Å². The third kappa shape index (κ3) is 7.34. The summed E-state index contributed by atoms with van der Waals surface area (Å²) in [7, 11) is 0. The van der Waals surface area contributed by atoms with Gasteiger partial charge in [0.25, 0.3) is 0 Å². The third-order valence-corrected chi connectivity index (χ3v) is 2.68. The van der Waals surface area contributed by atoms with Crippen LogP contribution >= 0.6 is 0 Å². The van der Waals surface area contributed by atoms with Crippen LogP contribution in [0.15, 0.2) is 0 Å². The van der Waals surface area contributed by atoms with E-state index in [2.05, 4.69) is 26.1 Å². The van der Waals surface area contributed by atoms with Crippen molar-refractivity contribution in [3.05, 3.63) is 0 Å².